The summed E-state index contributed by atoms with van der Waals surface area (Å²) >= 11 is 2.01. The van der Waals surface area contributed by atoms with Crippen LogP contribution in [-0.4, -0.2) is 6.71 Å². The van der Waals surface area contributed by atoms with Crippen molar-refractivity contribution in [3.05, 3.63) is 149 Å². The zero-order valence-corrected chi connectivity index (χ0v) is 43.6. The third-order valence-corrected chi connectivity index (χ3v) is 16.8. The molecule has 0 saturated carbocycles. The van der Waals surface area contributed by atoms with Crippen LogP contribution in [0.15, 0.2) is 115 Å². The van der Waals surface area contributed by atoms with Crippen molar-refractivity contribution in [2.75, 3.05) is 9.80 Å². The van der Waals surface area contributed by atoms with Crippen LogP contribution in [-0.2, 0) is 32.5 Å². The summed E-state index contributed by atoms with van der Waals surface area (Å²) in [4.78, 5) is 5.38. The first-order valence-corrected chi connectivity index (χ1v) is 25.4. The molecule has 0 N–H and O–H groups in total. The summed E-state index contributed by atoms with van der Waals surface area (Å²) in [5.41, 5.74) is 21.4. The van der Waals surface area contributed by atoms with Crippen LogP contribution in [0.25, 0.3) is 21.2 Å². The highest BCUT2D eigenvalue weighted by Gasteiger charge is 2.47. The van der Waals surface area contributed by atoms with Gasteiger partial charge in [-0.3, -0.25) is 0 Å². The van der Waals surface area contributed by atoms with Crippen molar-refractivity contribution in [2.24, 2.45) is 0 Å². The van der Waals surface area contributed by atoms with Gasteiger partial charge in [-0.15, -0.1) is 11.3 Å². The number of rotatable bonds is 3. The third-order valence-electron chi connectivity index (χ3n) is 15.5. The van der Waals surface area contributed by atoms with Gasteiger partial charge in [-0.1, -0.05) is 171 Å². The summed E-state index contributed by atoms with van der Waals surface area (Å²) in [5.74, 6) is 0. The van der Waals surface area contributed by atoms with E-state index in [1.54, 1.807) is 0 Å². The van der Waals surface area contributed by atoms with E-state index < -0.39 is 0 Å². The van der Waals surface area contributed by atoms with Gasteiger partial charge >= 0.3 is 0 Å². The molecule has 1 aliphatic carbocycles. The molecule has 2 aliphatic heterocycles. The summed E-state index contributed by atoms with van der Waals surface area (Å²) in [5, 5.41) is 1.35. The lowest BCUT2D eigenvalue weighted by atomic mass is 9.36. The van der Waals surface area contributed by atoms with E-state index in [2.05, 4.69) is 236 Å². The molecule has 0 atom stereocenters. The summed E-state index contributed by atoms with van der Waals surface area (Å²) in [6.07, 6.45) is 2.37. The summed E-state index contributed by atoms with van der Waals surface area (Å²) in [6.45, 7) is 38.2. The first-order valence-electron chi connectivity index (χ1n) is 24.6. The van der Waals surface area contributed by atoms with Crippen LogP contribution in [0.3, 0.4) is 0 Å². The van der Waals surface area contributed by atoms with E-state index in [9.17, 15) is 0 Å². The quantitative estimate of drug-likeness (QED) is 0.163. The fourth-order valence-corrected chi connectivity index (χ4v) is 12.4. The smallest absolute Gasteiger partial charge is 0.264 e. The van der Waals surface area contributed by atoms with Crippen molar-refractivity contribution in [2.45, 2.75) is 156 Å². The first-order chi connectivity index (χ1) is 30.7. The van der Waals surface area contributed by atoms with Crippen molar-refractivity contribution in [3.63, 3.8) is 0 Å². The highest BCUT2D eigenvalue weighted by atomic mass is 32.1. The second-order valence-electron chi connectivity index (χ2n) is 25.4. The molecule has 0 unspecified atom stereocenters. The lowest BCUT2D eigenvalue weighted by Crippen LogP contribution is -2.60. The van der Waals surface area contributed by atoms with E-state index >= 15 is 0 Å². The standard InChI is InChI=1S/C62H71BN2S/c1-57(2,3)39-22-27-49(44(32-39)38-20-18-17-19-21-38)65-50-28-23-41(59(7,8)9)34-48(50)63-54-51(35-42(36-52(54)65)60(10,11)12)64(43-25-26-46-47(37-43)62(15,16)31-30-61(46,13)14)55-45-33-40(58(4,5)6)24-29-53(45)66-56(55)63/h17-29,32-37H,30-31H2,1-16H3. The van der Waals surface area contributed by atoms with E-state index in [1.165, 1.54) is 117 Å². The minimum atomic E-state index is -0.120. The van der Waals surface area contributed by atoms with Gasteiger partial charge in [0.1, 0.15) is 0 Å². The van der Waals surface area contributed by atoms with Crippen LogP contribution in [0.4, 0.5) is 34.1 Å². The molecule has 66 heavy (non-hydrogen) atoms. The van der Waals surface area contributed by atoms with Crippen LogP contribution >= 0.6 is 11.3 Å². The average Bonchev–Trinajstić information content (AvgIpc) is 3.62. The summed E-state index contributed by atoms with van der Waals surface area (Å²) < 4.78 is 2.78. The maximum Gasteiger partial charge on any atom is 0.264 e. The van der Waals surface area contributed by atoms with E-state index in [-0.39, 0.29) is 39.2 Å². The predicted molar refractivity (Wildman–Crippen MR) is 291 cm³/mol. The zero-order valence-electron chi connectivity index (χ0n) is 42.8. The SMILES string of the molecule is CC(C)(C)c1ccc2c(c1)B1c3sc4ccc(C(C)(C)C)cc4c3N(c3ccc4c(c3)C(C)(C)CCC4(C)C)c3cc(C(C)(C)C)cc(c31)N2c1ccc(C(C)(C)C)cc1-c1ccccc1. The Morgan fingerprint density at radius 2 is 1.03 bits per heavy atom. The van der Waals surface area contributed by atoms with Crippen LogP contribution in [0.1, 0.15) is 157 Å². The van der Waals surface area contributed by atoms with Crippen LogP contribution in [0.5, 0.6) is 0 Å². The zero-order chi connectivity index (χ0) is 47.3. The van der Waals surface area contributed by atoms with Gasteiger partial charge in [-0.2, -0.15) is 0 Å². The summed E-state index contributed by atoms with van der Waals surface area (Å²) in [6, 6.07) is 45.9. The molecule has 0 bridgehead atoms. The molecular formula is C62H71BN2S. The Kier molecular flexibility index (Phi) is 9.98. The lowest BCUT2D eigenvalue weighted by Gasteiger charge is -2.46. The number of thiophene rings is 1. The molecular weight excluding hydrogens is 816 g/mol. The fraction of sp³-hybridized carbons (Fsp3) is 0.387. The van der Waals surface area contributed by atoms with Gasteiger partial charge in [-0.05, 0) is 150 Å². The molecule has 0 amide bonds. The molecule has 7 aromatic rings. The number of benzene rings is 6. The first kappa shape index (κ1) is 44.8. The monoisotopic (exact) mass is 887 g/mol. The Hall–Kier alpha value is -5.06. The van der Waals surface area contributed by atoms with Crippen molar-refractivity contribution >= 4 is 78.0 Å². The fourth-order valence-electron chi connectivity index (χ4n) is 11.1. The number of hydrogen-bond acceptors (Lipinski definition) is 3. The van der Waals surface area contributed by atoms with Crippen molar-refractivity contribution < 1.29 is 0 Å². The molecule has 3 aliphatic rings. The normalized spacial score (nSPS) is 16.5. The minimum Gasteiger partial charge on any atom is -0.311 e. The molecule has 10 rings (SSSR count). The second kappa shape index (κ2) is 14.7. The molecule has 3 heterocycles. The van der Waals surface area contributed by atoms with E-state index in [4.69, 9.17) is 0 Å². The van der Waals surface area contributed by atoms with Crippen LogP contribution < -0.4 is 25.5 Å². The number of hydrogen-bond donors (Lipinski definition) is 0. The highest BCUT2D eigenvalue weighted by Crippen LogP contribution is 2.53. The van der Waals surface area contributed by atoms with Gasteiger partial charge < -0.3 is 9.80 Å². The molecule has 0 fully saturated rings. The molecule has 4 heteroatoms. The topological polar surface area (TPSA) is 6.48 Å². The molecule has 338 valence electrons. The molecule has 2 nitrogen and oxygen atoms in total. The lowest BCUT2D eigenvalue weighted by molar-refractivity contribution is 0.332. The van der Waals surface area contributed by atoms with Gasteiger partial charge in [0.05, 0.1) is 11.4 Å². The van der Waals surface area contributed by atoms with Gasteiger partial charge in [0, 0.05) is 43.2 Å². The minimum absolute atomic E-state index is 0.00691. The molecule has 0 spiro atoms. The average molecular weight is 887 g/mol. The third kappa shape index (κ3) is 7.19. The molecule has 0 radical (unpaired) electrons. The second-order valence-corrected chi connectivity index (χ2v) is 26.5. The Morgan fingerprint density at radius 1 is 0.485 bits per heavy atom. The maximum atomic E-state index is 2.72. The Bertz CT molecular complexity index is 3080. The van der Waals surface area contributed by atoms with Crippen molar-refractivity contribution in [1.29, 1.82) is 0 Å². The van der Waals surface area contributed by atoms with Gasteiger partial charge in [0.15, 0.2) is 0 Å². The summed E-state index contributed by atoms with van der Waals surface area (Å²) in [7, 11) is 0. The van der Waals surface area contributed by atoms with Gasteiger partial charge in [-0.25, -0.2) is 0 Å². The van der Waals surface area contributed by atoms with E-state index in [0.717, 1.165) is 0 Å². The molecule has 1 aromatic heterocycles. The number of nitrogens with zero attached hydrogens (tertiary/aromatic N) is 2. The Labute approximate surface area is 401 Å². The largest absolute Gasteiger partial charge is 0.311 e. The number of fused-ring (bicyclic) bond motifs is 7. The highest BCUT2D eigenvalue weighted by molar-refractivity contribution is 7.33. The van der Waals surface area contributed by atoms with E-state index in [1.807, 2.05) is 11.3 Å². The van der Waals surface area contributed by atoms with E-state index in [0.29, 0.717) is 0 Å². The van der Waals surface area contributed by atoms with Crippen molar-refractivity contribution in [3.8, 4) is 11.1 Å². The van der Waals surface area contributed by atoms with Gasteiger partial charge in [0.2, 0.25) is 0 Å². The maximum absolute atomic E-state index is 2.72. The van der Waals surface area contributed by atoms with Crippen LogP contribution in [0, 0.1) is 0 Å². The van der Waals surface area contributed by atoms with Gasteiger partial charge in [0.25, 0.3) is 6.71 Å². The van der Waals surface area contributed by atoms with Crippen LogP contribution in [0.2, 0.25) is 0 Å². The molecule has 0 saturated heterocycles. The Morgan fingerprint density at radius 3 is 1.65 bits per heavy atom. The Balaban J connectivity index is 1.37. The van der Waals surface area contributed by atoms with Crippen molar-refractivity contribution in [1.82, 2.24) is 0 Å². The number of anilines is 6. The molecule has 6 aromatic carbocycles. The predicted octanol–water partition coefficient (Wildman–Crippen LogP) is 16.2.